The second-order valence-electron chi connectivity index (χ2n) is 24.8. The number of amides is 1. The number of fused-ring (bicyclic) bond motifs is 5. The fourth-order valence-electron chi connectivity index (χ4n) is 13.4. The summed E-state index contributed by atoms with van der Waals surface area (Å²) >= 11 is 0. The van der Waals surface area contributed by atoms with Crippen LogP contribution in [0.3, 0.4) is 0 Å². The average molecular weight is 1330 g/mol. The van der Waals surface area contributed by atoms with Crippen LogP contribution in [0.15, 0.2) is 102 Å². The van der Waals surface area contributed by atoms with Crippen LogP contribution in [0.4, 0.5) is 0 Å². The van der Waals surface area contributed by atoms with Gasteiger partial charge in [-0.25, -0.2) is 9.59 Å². The van der Waals surface area contributed by atoms with Gasteiger partial charge in [0.1, 0.15) is 30.0 Å². The first-order valence-electron chi connectivity index (χ1n) is 30.4. The summed E-state index contributed by atoms with van der Waals surface area (Å²) in [7, 11) is 0. The third-order valence-electron chi connectivity index (χ3n) is 18.1. The molecule has 3 aromatic carbocycles. The SMILES string of the molecule is CC(=O)O[C@H]1C(=O)[C@@]2(C)C([C@H](OC(=O)c3ccccc3)[C@]3(O)C[C@H](OC(=O)[C@H](OC(=O)CN(CCN(CCN(CCN(CC(=O)O)CC(=O)O)CC(=O)O)CC(=O)O)CC(=O)O)[C@@H](NC(=O)c4ccccc4)c4ccccc4)C(C)=C1C3(C)C)[C@]1(OC(C)=O)CO[C@@H]1C[C@@H]2O. The van der Waals surface area contributed by atoms with Crippen LogP contribution in [0.2, 0.25) is 0 Å². The lowest BCUT2D eigenvalue weighted by molar-refractivity contribution is -0.346. The van der Waals surface area contributed by atoms with Crippen molar-refractivity contribution in [2.24, 2.45) is 16.7 Å². The fourth-order valence-corrected chi connectivity index (χ4v) is 13.4. The van der Waals surface area contributed by atoms with Gasteiger partial charge >= 0.3 is 59.7 Å². The van der Waals surface area contributed by atoms with Crippen LogP contribution in [-0.4, -0.2) is 260 Å². The first kappa shape index (κ1) is 73.4. The van der Waals surface area contributed by atoms with Crippen molar-refractivity contribution in [1.29, 1.82) is 0 Å². The Morgan fingerprint density at radius 1 is 0.621 bits per heavy atom. The van der Waals surface area contributed by atoms with Crippen LogP contribution in [-0.2, 0) is 76.4 Å². The van der Waals surface area contributed by atoms with Gasteiger partial charge in [-0.05, 0) is 54.8 Å². The molecule has 30 nitrogen and oxygen atoms in total. The van der Waals surface area contributed by atoms with Crippen LogP contribution in [0.1, 0.15) is 86.7 Å². The van der Waals surface area contributed by atoms with Crippen molar-refractivity contribution in [3.8, 4) is 0 Å². The molecule has 1 amide bonds. The number of nitrogens with zero attached hydrogens (tertiary/aromatic N) is 4. The zero-order valence-corrected chi connectivity index (χ0v) is 53.2. The number of aliphatic hydroxyl groups excluding tert-OH is 1. The highest BCUT2D eigenvalue weighted by Crippen LogP contribution is 2.64. The van der Waals surface area contributed by atoms with E-state index in [-0.39, 0.29) is 67.0 Å². The highest BCUT2D eigenvalue weighted by atomic mass is 16.6. The molecule has 2 saturated carbocycles. The maximum atomic E-state index is 15.9. The predicted octanol–water partition coefficient (Wildman–Crippen LogP) is 0.918. The molecule has 1 unspecified atom stereocenters. The third-order valence-corrected chi connectivity index (χ3v) is 18.1. The van der Waals surface area contributed by atoms with Gasteiger partial charge in [0, 0.05) is 76.9 Å². The van der Waals surface area contributed by atoms with Gasteiger partial charge in [0.15, 0.2) is 17.5 Å². The molecule has 3 aliphatic carbocycles. The van der Waals surface area contributed by atoms with Crippen LogP contribution in [0, 0.1) is 16.7 Å². The number of benzene rings is 3. The minimum Gasteiger partial charge on any atom is -0.480 e. The lowest BCUT2D eigenvalue weighted by Gasteiger charge is -2.67. The van der Waals surface area contributed by atoms with Crippen LogP contribution in [0.25, 0.3) is 0 Å². The monoisotopic (exact) mass is 1330 g/mol. The van der Waals surface area contributed by atoms with Gasteiger partial charge < -0.3 is 69.5 Å². The lowest BCUT2D eigenvalue weighted by atomic mass is 9.44. The molecule has 0 radical (unpaired) electrons. The van der Waals surface area contributed by atoms with E-state index in [9.17, 15) is 83.7 Å². The minimum absolute atomic E-state index is 0.0229. The molecule has 1 saturated heterocycles. The number of carboxylic acids is 5. The summed E-state index contributed by atoms with van der Waals surface area (Å²) in [4.78, 5) is 166. The Hall–Kier alpha value is -9.04. The number of hydrogen-bond donors (Lipinski definition) is 8. The molecule has 0 spiro atoms. The Labute approximate surface area is 545 Å². The number of nitrogens with one attached hydrogen (secondary N) is 1. The van der Waals surface area contributed by atoms with Gasteiger partial charge in [-0.1, -0.05) is 80.6 Å². The summed E-state index contributed by atoms with van der Waals surface area (Å²) < 4.78 is 37.0. The molecule has 0 aromatic heterocycles. The van der Waals surface area contributed by atoms with Gasteiger partial charge in [0.2, 0.25) is 6.10 Å². The first-order chi connectivity index (χ1) is 44.7. The topological polar surface area (TPSA) is 427 Å². The summed E-state index contributed by atoms with van der Waals surface area (Å²) in [5, 5.41) is 77.6. The van der Waals surface area contributed by atoms with Crippen molar-refractivity contribution < 1.29 is 122 Å². The van der Waals surface area contributed by atoms with Gasteiger partial charge in [0.05, 0.1) is 68.9 Å². The number of carboxylic acid groups (broad SMARTS) is 5. The van der Waals surface area contributed by atoms with Crippen LogP contribution in [0.5, 0.6) is 0 Å². The lowest BCUT2D eigenvalue weighted by Crippen LogP contribution is -2.82. The maximum Gasteiger partial charge on any atom is 0.350 e. The number of aliphatic carboxylic acids is 5. The Balaban J connectivity index is 1.30. The van der Waals surface area contributed by atoms with Crippen molar-refractivity contribution in [2.45, 2.75) is 108 Å². The molecule has 1 heterocycles. The Morgan fingerprint density at radius 3 is 1.55 bits per heavy atom. The summed E-state index contributed by atoms with van der Waals surface area (Å²) in [5.41, 5.74) is -8.72. The number of carbonyl (C=O) groups is 12. The predicted molar refractivity (Wildman–Crippen MR) is 326 cm³/mol. The fraction of sp³-hybridized carbons (Fsp3) is 0.508. The van der Waals surface area contributed by atoms with E-state index in [4.69, 9.17) is 28.4 Å². The highest BCUT2D eigenvalue weighted by molar-refractivity contribution is 5.96. The maximum absolute atomic E-state index is 15.9. The van der Waals surface area contributed by atoms with Crippen molar-refractivity contribution >= 4 is 71.4 Å². The molecule has 95 heavy (non-hydrogen) atoms. The summed E-state index contributed by atoms with van der Waals surface area (Å²) in [6.45, 7) is 1.18. The first-order valence-corrected chi connectivity index (χ1v) is 30.4. The Bertz CT molecular complexity index is 3390. The molecule has 3 aromatic rings. The van der Waals surface area contributed by atoms with Crippen molar-refractivity contribution in [2.75, 3.05) is 85.1 Å². The number of aliphatic hydroxyl groups is 2. The standard InChI is InChI=1S/C65H79N5O25/c1-37-43(29-65(89)58(94-60(87)42-20-14-9-15-21-42)56-63(6,44(73)28-45-64(56,36-90-45)95-39(3)72)57(85)54(91-38(2)71)52(37)62(65,4)5)92-61(88)55(53(40-16-10-7-11-17-40)66-59(86)41-18-12-8-13-19-41)93-51(84)35-70(34-50(82)83)27-25-68(31-47(76)77)23-22-67(30-46(74)75)24-26-69(32-48(78)79)33-49(80)81/h7-21,43-45,53-56,58,73,89H,22-36H2,1-6H3,(H,66,86)(H,74,75)(H,76,77)(H,78,79)(H,80,81)(H,82,83)/t43-,44-,45+,53-,54+,55+,56?,58-,63+,64-,65+/m0/s1. The van der Waals surface area contributed by atoms with E-state index in [0.717, 1.165) is 23.6 Å². The molecule has 514 valence electrons. The van der Waals surface area contributed by atoms with E-state index in [1.54, 1.807) is 30.3 Å². The number of esters is 5. The molecule has 7 rings (SSSR count). The van der Waals surface area contributed by atoms with E-state index in [2.05, 4.69) is 5.32 Å². The van der Waals surface area contributed by atoms with Gasteiger partial charge in [-0.2, -0.15) is 0 Å². The molecule has 3 fully saturated rings. The summed E-state index contributed by atoms with van der Waals surface area (Å²) in [6.07, 6.45) is -12.1. The molecular formula is C65H79N5O25. The number of ether oxygens (including phenoxy) is 6. The zero-order chi connectivity index (χ0) is 69.9. The van der Waals surface area contributed by atoms with E-state index in [1.807, 2.05) is 0 Å². The van der Waals surface area contributed by atoms with E-state index in [0.29, 0.717) is 0 Å². The Morgan fingerprint density at radius 2 is 1.08 bits per heavy atom. The number of carbonyl (C=O) groups excluding carboxylic acids is 7. The van der Waals surface area contributed by atoms with E-state index < -0.39 is 201 Å². The van der Waals surface area contributed by atoms with Crippen molar-refractivity contribution in [1.82, 2.24) is 24.9 Å². The van der Waals surface area contributed by atoms with Gasteiger partial charge in [-0.15, -0.1) is 0 Å². The summed E-state index contributed by atoms with van der Waals surface area (Å²) in [6, 6.07) is 21.1. The number of Topliss-reactive ketones (excluding diaryl/α,β-unsaturated/α-hetero) is 1. The normalized spacial score (nSPS) is 24.9. The highest BCUT2D eigenvalue weighted by Gasteiger charge is 2.78. The molecule has 8 N–H and O–H groups in total. The van der Waals surface area contributed by atoms with Crippen LogP contribution >= 0.6 is 0 Å². The second-order valence-corrected chi connectivity index (χ2v) is 24.8. The largest absolute Gasteiger partial charge is 0.480 e. The smallest absolute Gasteiger partial charge is 0.350 e. The molecular weight excluding hydrogens is 1250 g/mol. The molecule has 4 aliphatic rings. The Kier molecular flexibility index (Phi) is 24.0. The van der Waals surface area contributed by atoms with Crippen LogP contribution < -0.4 is 5.32 Å². The number of rotatable bonds is 32. The summed E-state index contributed by atoms with van der Waals surface area (Å²) in [5.74, 6) is -16.2. The molecule has 30 heteroatoms. The molecule has 1 aliphatic heterocycles. The average Bonchev–Trinajstić information content (AvgIpc) is 0.670. The second kappa shape index (κ2) is 31.0. The number of hydrogen-bond acceptors (Lipinski definition) is 24. The van der Waals surface area contributed by atoms with E-state index in [1.165, 1.54) is 98.2 Å². The van der Waals surface area contributed by atoms with Crippen molar-refractivity contribution in [3.63, 3.8) is 0 Å². The third kappa shape index (κ3) is 17.1. The molecule has 11 atom stereocenters. The molecule has 2 bridgehead atoms. The number of ketones is 1. The van der Waals surface area contributed by atoms with E-state index >= 15 is 9.59 Å². The zero-order valence-electron chi connectivity index (χ0n) is 53.2. The van der Waals surface area contributed by atoms with Gasteiger partial charge in [-0.3, -0.25) is 67.5 Å². The van der Waals surface area contributed by atoms with Crippen molar-refractivity contribution in [3.05, 3.63) is 119 Å². The quantitative estimate of drug-likeness (QED) is 0.0245. The van der Waals surface area contributed by atoms with Gasteiger partial charge in [0.25, 0.3) is 5.91 Å². The minimum atomic E-state index is -2.63.